The van der Waals surface area contributed by atoms with Gasteiger partial charge in [0.2, 0.25) is 0 Å². The second kappa shape index (κ2) is 12.9. The molecule has 6 heterocycles. The Hall–Kier alpha value is -6.18. The molecule has 52 heavy (non-hydrogen) atoms. The molecule has 0 saturated carbocycles. The van der Waals surface area contributed by atoms with E-state index in [2.05, 4.69) is 160 Å². The van der Waals surface area contributed by atoms with Crippen LogP contribution in [0.2, 0.25) is 0 Å². The molecule has 0 radical (unpaired) electrons. The molecule has 2 saturated heterocycles. The van der Waals surface area contributed by atoms with Crippen molar-refractivity contribution in [2.75, 3.05) is 72.4 Å². The molecule has 0 amide bonds. The number of rotatable bonds is 4. The van der Waals surface area contributed by atoms with Crippen LogP contribution in [0.25, 0.3) is 44.1 Å². The fraction of sp³-hybridized carbons (Fsp3) is 0.316. The lowest BCUT2D eigenvalue weighted by Crippen LogP contribution is -2.55. The summed E-state index contributed by atoms with van der Waals surface area (Å²) < 4.78 is 4.39. The van der Waals surface area contributed by atoms with Gasteiger partial charge in [-0.25, -0.2) is 19.3 Å². The van der Waals surface area contributed by atoms with Crippen LogP contribution in [0, 0.1) is 27.7 Å². The minimum absolute atomic E-state index is 0.847. The fourth-order valence-electron chi connectivity index (χ4n) is 7.31. The fourth-order valence-corrected chi connectivity index (χ4v) is 7.31. The highest BCUT2D eigenvalue weighted by atomic mass is 15.8. The van der Waals surface area contributed by atoms with E-state index in [9.17, 15) is 0 Å². The minimum atomic E-state index is 0.847. The zero-order valence-corrected chi connectivity index (χ0v) is 30.0. The number of nitrogens with zero attached hydrogens (tertiary/aromatic N) is 14. The van der Waals surface area contributed by atoms with Gasteiger partial charge in [0.1, 0.15) is 34.7 Å². The van der Waals surface area contributed by atoms with Crippen LogP contribution < -0.4 is 20.0 Å². The van der Waals surface area contributed by atoms with E-state index in [0.717, 1.165) is 85.5 Å². The molecular weight excluding hydrogens is 653 g/mol. The molecule has 10 rings (SSSR count). The lowest BCUT2D eigenvalue weighted by atomic mass is 10.2. The Morgan fingerprint density at radius 1 is 0.385 bits per heavy atom. The third-order valence-corrected chi connectivity index (χ3v) is 10.1. The van der Waals surface area contributed by atoms with Gasteiger partial charge in [0.25, 0.3) is 0 Å². The van der Waals surface area contributed by atoms with Crippen molar-refractivity contribution in [1.29, 1.82) is 0 Å². The number of aryl methyl sites for hydroxylation is 4. The third-order valence-electron chi connectivity index (χ3n) is 10.1. The molecule has 0 atom stereocenters. The van der Waals surface area contributed by atoms with Gasteiger partial charge in [-0.3, -0.25) is 10.0 Å². The summed E-state index contributed by atoms with van der Waals surface area (Å²) in [5.74, 6) is 0. The van der Waals surface area contributed by atoms with E-state index < -0.39 is 0 Å². The second-order valence-corrected chi connectivity index (χ2v) is 13.9. The van der Waals surface area contributed by atoms with Crippen molar-refractivity contribution in [3.8, 4) is 0 Å². The second-order valence-electron chi connectivity index (χ2n) is 13.9. The molecule has 2 aliphatic heterocycles. The van der Waals surface area contributed by atoms with E-state index in [-0.39, 0.29) is 0 Å². The number of piperazine rings is 2. The van der Waals surface area contributed by atoms with Gasteiger partial charge in [-0.1, -0.05) is 24.3 Å². The first kappa shape index (κ1) is 31.8. The molecule has 14 nitrogen and oxygen atoms in total. The van der Waals surface area contributed by atoms with Gasteiger partial charge in [-0.05, 0) is 109 Å². The molecule has 2 fully saturated rings. The summed E-state index contributed by atoms with van der Waals surface area (Å²) in [6.45, 7) is 15.5. The Bertz CT molecular complexity index is 2170. The number of hydrogen-bond donors (Lipinski definition) is 0. The maximum Gasteiger partial charge on any atom is 0.116 e. The number of aromatic nitrogens is 10. The Kier molecular flexibility index (Phi) is 7.86. The zero-order valence-electron chi connectivity index (χ0n) is 30.0. The standard InChI is InChI=1S/C20H22N6.C18H20N8/c1-15-3-5-19-17(11-15)21-13-25(19)23-7-9-24(10-8-23)26-14-22-18-12-16(2)4-6-20(18)26;1-13-3-5-17-15(11-13)19-21-25(17)23-7-9-24(10-8-23)26-18-6-4-14(2)12-16(18)20-22-26/h3-6,11-14H,7-10H2,1-2H3;3-6,11-12H,7-10H2,1-2H3. The van der Waals surface area contributed by atoms with Crippen molar-refractivity contribution in [2.24, 2.45) is 0 Å². The van der Waals surface area contributed by atoms with E-state index in [0.29, 0.717) is 0 Å². The Labute approximate surface area is 300 Å². The average Bonchev–Trinajstić information content (AvgIpc) is 3.96. The summed E-state index contributed by atoms with van der Waals surface area (Å²) in [6, 6.07) is 25.4. The summed E-state index contributed by atoms with van der Waals surface area (Å²) >= 11 is 0. The topological polar surface area (TPSA) is 110 Å². The van der Waals surface area contributed by atoms with E-state index in [1.807, 2.05) is 22.2 Å². The quantitative estimate of drug-likeness (QED) is 0.269. The van der Waals surface area contributed by atoms with Crippen LogP contribution in [0.5, 0.6) is 0 Å². The number of hydrogen-bond acceptors (Lipinski definition) is 10. The molecular formula is C38H42N14. The first-order valence-electron chi connectivity index (χ1n) is 17.9. The monoisotopic (exact) mass is 694 g/mol. The van der Waals surface area contributed by atoms with Gasteiger partial charge in [0.05, 0.1) is 74.4 Å². The summed E-state index contributed by atoms with van der Waals surface area (Å²) in [5.41, 5.74) is 13.3. The largest absolute Gasteiger partial charge is 0.308 e. The van der Waals surface area contributed by atoms with Crippen molar-refractivity contribution in [3.63, 3.8) is 0 Å². The minimum Gasteiger partial charge on any atom is -0.308 e. The van der Waals surface area contributed by atoms with Crippen molar-refractivity contribution in [1.82, 2.24) is 49.5 Å². The number of benzene rings is 4. The van der Waals surface area contributed by atoms with Crippen LogP contribution in [0.4, 0.5) is 0 Å². The van der Waals surface area contributed by atoms with E-state index in [1.165, 1.54) is 33.3 Å². The van der Waals surface area contributed by atoms with Gasteiger partial charge in [0.15, 0.2) is 0 Å². The van der Waals surface area contributed by atoms with Crippen molar-refractivity contribution < 1.29 is 0 Å². The highest BCUT2D eigenvalue weighted by molar-refractivity contribution is 5.78. The molecule has 4 aromatic heterocycles. The molecule has 2 aliphatic rings. The molecule has 0 aliphatic carbocycles. The molecule has 0 unspecified atom stereocenters. The van der Waals surface area contributed by atoms with E-state index in [4.69, 9.17) is 0 Å². The van der Waals surface area contributed by atoms with Crippen LogP contribution in [0.15, 0.2) is 85.5 Å². The van der Waals surface area contributed by atoms with Crippen molar-refractivity contribution >= 4 is 44.1 Å². The van der Waals surface area contributed by atoms with E-state index in [1.54, 1.807) is 0 Å². The van der Waals surface area contributed by atoms with Crippen molar-refractivity contribution in [3.05, 3.63) is 108 Å². The lowest BCUT2D eigenvalue weighted by Gasteiger charge is -2.38. The summed E-state index contributed by atoms with van der Waals surface area (Å²) in [4.78, 5) is 13.0. The maximum atomic E-state index is 4.57. The van der Waals surface area contributed by atoms with Crippen LogP contribution in [0.1, 0.15) is 22.3 Å². The first-order valence-corrected chi connectivity index (χ1v) is 17.9. The van der Waals surface area contributed by atoms with Crippen LogP contribution >= 0.6 is 0 Å². The molecule has 8 aromatic rings. The predicted molar refractivity (Wildman–Crippen MR) is 205 cm³/mol. The van der Waals surface area contributed by atoms with Gasteiger partial charge < -0.3 is 10.0 Å². The molecule has 0 bridgehead atoms. The van der Waals surface area contributed by atoms with Gasteiger partial charge in [-0.2, -0.15) is 9.58 Å². The highest BCUT2D eigenvalue weighted by Crippen LogP contribution is 2.19. The third kappa shape index (κ3) is 5.79. The van der Waals surface area contributed by atoms with Gasteiger partial charge in [0, 0.05) is 0 Å². The summed E-state index contributed by atoms with van der Waals surface area (Å²) in [7, 11) is 0. The molecule has 264 valence electrons. The average molecular weight is 695 g/mol. The zero-order chi connectivity index (χ0) is 35.3. The van der Waals surface area contributed by atoms with Crippen LogP contribution in [0.3, 0.4) is 0 Å². The number of fused-ring (bicyclic) bond motifs is 4. The molecule has 4 aromatic carbocycles. The Balaban J connectivity index is 0.000000138. The summed E-state index contributed by atoms with van der Waals surface area (Å²) in [6.07, 6.45) is 3.88. The molecule has 0 spiro atoms. The van der Waals surface area contributed by atoms with Gasteiger partial charge >= 0.3 is 0 Å². The van der Waals surface area contributed by atoms with Crippen LogP contribution in [-0.4, -0.2) is 102 Å². The van der Waals surface area contributed by atoms with Crippen molar-refractivity contribution in [2.45, 2.75) is 27.7 Å². The summed E-state index contributed by atoms with van der Waals surface area (Å²) in [5, 5.41) is 26.5. The number of imidazole rings is 2. The predicted octanol–water partition coefficient (Wildman–Crippen LogP) is 3.98. The Morgan fingerprint density at radius 3 is 1.10 bits per heavy atom. The van der Waals surface area contributed by atoms with E-state index >= 15 is 0 Å². The smallest absolute Gasteiger partial charge is 0.116 e. The molecule has 0 N–H and O–H groups in total. The normalized spacial score (nSPS) is 15.3. The molecule has 14 heteroatoms. The highest BCUT2D eigenvalue weighted by Gasteiger charge is 2.23. The SMILES string of the molecule is Cc1ccc2c(c1)ncn2N1CCN(n2cnc3cc(C)ccc32)CC1.Cc1ccc2c(c1)nnn2N1CCN(n2nnc3cc(C)ccc32)CC1. The van der Waals surface area contributed by atoms with Gasteiger partial charge in [-0.15, -0.1) is 10.2 Å². The Morgan fingerprint density at radius 2 is 0.712 bits per heavy atom. The van der Waals surface area contributed by atoms with Crippen LogP contribution in [-0.2, 0) is 0 Å². The first-order chi connectivity index (χ1) is 25.4. The maximum absolute atomic E-state index is 4.57. The lowest BCUT2D eigenvalue weighted by molar-refractivity contribution is 0.425.